The van der Waals surface area contributed by atoms with E-state index in [1.807, 2.05) is 0 Å². The molecule has 2 N–H and O–H groups in total. The molecule has 2 unspecified atom stereocenters. The molecule has 18 heavy (non-hydrogen) atoms. The molecule has 1 rings (SSSR count). The van der Waals surface area contributed by atoms with Gasteiger partial charge in [-0.3, -0.25) is 4.90 Å². The highest BCUT2D eigenvalue weighted by atomic mass is 15.2. The number of hydrogen-bond donors (Lipinski definition) is 1. The fourth-order valence-corrected chi connectivity index (χ4v) is 3.64. The SMILES string of the molecule is CCCC(N)C(CC)N1CCC(CC)(CC)CC1. The second-order valence-electron chi connectivity index (χ2n) is 6.17. The number of nitrogens with zero attached hydrogens (tertiary/aromatic N) is 1. The van der Waals surface area contributed by atoms with Crippen LogP contribution >= 0.6 is 0 Å². The Hall–Kier alpha value is -0.0800. The first-order valence-electron chi connectivity index (χ1n) is 8.12. The zero-order chi connectivity index (χ0) is 13.6. The maximum atomic E-state index is 6.36. The summed E-state index contributed by atoms with van der Waals surface area (Å²) in [6.07, 6.45) is 9.00. The van der Waals surface area contributed by atoms with E-state index in [1.54, 1.807) is 0 Å². The zero-order valence-electron chi connectivity index (χ0n) is 13.0. The molecular formula is C16H34N2. The first-order valence-corrected chi connectivity index (χ1v) is 8.12. The van der Waals surface area contributed by atoms with Crippen LogP contribution in [0.4, 0.5) is 0 Å². The Kier molecular flexibility index (Phi) is 6.65. The molecule has 2 heteroatoms. The Bertz CT molecular complexity index is 213. The predicted molar refractivity (Wildman–Crippen MR) is 80.8 cm³/mol. The lowest BCUT2D eigenvalue weighted by molar-refractivity contribution is 0.0547. The summed E-state index contributed by atoms with van der Waals surface area (Å²) >= 11 is 0. The van der Waals surface area contributed by atoms with Crippen LogP contribution in [0.2, 0.25) is 0 Å². The third-order valence-corrected chi connectivity index (χ3v) is 5.36. The summed E-state index contributed by atoms with van der Waals surface area (Å²) < 4.78 is 0. The normalized spacial score (nSPS) is 23.8. The molecule has 1 aliphatic rings. The second-order valence-corrected chi connectivity index (χ2v) is 6.17. The van der Waals surface area contributed by atoms with Crippen molar-refractivity contribution in [2.24, 2.45) is 11.1 Å². The Labute approximate surface area is 114 Å². The van der Waals surface area contributed by atoms with Crippen molar-refractivity contribution in [3.63, 3.8) is 0 Å². The molecule has 0 radical (unpaired) electrons. The number of piperidine rings is 1. The van der Waals surface area contributed by atoms with Gasteiger partial charge in [0.1, 0.15) is 0 Å². The standard InChI is InChI=1S/C16H34N2/c1-5-9-14(17)15(6-2)18-12-10-16(7-3,8-4)11-13-18/h14-15H,5-13,17H2,1-4H3. The van der Waals surface area contributed by atoms with E-state index in [0.29, 0.717) is 17.5 Å². The van der Waals surface area contributed by atoms with Gasteiger partial charge in [0.2, 0.25) is 0 Å². The van der Waals surface area contributed by atoms with Gasteiger partial charge in [-0.2, -0.15) is 0 Å². The largest absolute Gasteiger partial charge is 0.326 e. The average molecular weight is 254 g/mol. The zero-order valence-corrected chi connectivity index (χ0v) is 13.0. The van der Waals surface area contributed by atoms with Crippen molar-refractivity contribution < 1.29 is 0 Å². The van der Waals surface area contributed by atoms with Crippen molar-refractivity contribution in [2.75, 3.05) is 13.1 Å². The van der Waals surface area contributed by atoms with Crippen LogP contribution in [0, 0.1) is 5.41 Å². The van der Waals surface area contributed by atoms with Gasteiger partial charge in [-0.1, -0.05) is 47.0 Å². The van der Waals surface area contributed by atoms with Crippen LogP contribution in [0.3, 0.4) is 0 Å². The molecular weight excluding hydrogens is 220 g/mol. The highest BCUT2D eigenvalue weighted by Gasteiger charge is 2.34. The highest BCUT2D eigenvalue weighted by Crippen LogP contribution is 2.38. The van der Waals surface area contributed by atoms with Crippen LogP contribution in [0.5, 0.6) is 0 Å². The highest BCUT2D eigenvalue weighted by molar-refractivity contribution is 4.89. The number of likely N-dealkylation sites (tertiary alicyclic amines) is 1. The molecule has 1 fully saturated rings. The van der Waals surface area contributed by atoms with Crippen LogP contribution in [-0.4, -0.2) is 30.1 Å². The van der Waals surface area contributed by atoms with Gasteiger partial charge in [0, 0.05) is 12.1 Å². The Morgan fingerprint density at radius 3 is 2.00 bits per heavy atom. The van der Waals surface area contributed by atoms with Gasteiger partial charge < -0.3 is 5.73 Å². The summed E-state index contributed by atoms with van der Waals surface area (Å²) in [6, 6.07) is 0.979. The molecule has 1 heterocycles. The lowest BCUT2D eigenvalue weighted by Gasteiger charge is -2.45. The van der Waals surface area contributed by atoms with Gasteiger partial charge in [0.15, 0.2) is 0 Å². The third kappa shape index (κ3) is 3.71. The molecule has 2 atom stereocenters. The summed E-state index contributed by atoms with van der Waals surface area (Å²) in [5, 5.41) is 0. The smallest absolute Gasteiger partial charge is 0.0244 e. The maximum Gasteiger partial charge on any atom is 0.0244 e. The minimum absolute atomic E-state index is 0.371. The Morgan fingerprint density at radius 1 is 1.06 bits per heavy atom. The second kappa shape index (κ2) is 7.49. The molecule has 0 aromatic carbocycles. The van der Waals surface area contributed by atoms with Crippen LogP contribution in [0.15, 0.2) is 0 Å². The van der Waals surface area contributed by atoms with Gasteiger partial charge >= 0.3 is 0 Å². The number of hydrogen-bond acceptors (Lipinski definition) is 2. The molecule has 0 aromatic heterocycles. The van der Waals surface area contributed by atoms with Crippen LogP contribution in [0.1, 0.15) is 72.6 Å². The lowest BCUT2D eigenvalue weighted by atomic mass is 9.73. The van der Waals surface area contributed by atoms with E-state index in [0.717, 1.165) is 0 Å². The van der Waals surface area contributed by atoms with Gasteiger partial charge in [0.05, 0.1) is 0 Å². The first-order chi connectivity index (χ1) is 8.62. The summed E-state index contributed by atoms with van der Waals surface area (Å²) in [5.41, 5.74) is 6.99. The maximum absolute atomic E-state index is 6.36. The van der Waals surface area contributed by atoms with E-state index in [-0.39, 0.29) is 0 Å². The monoisotopic (exact) mass is 254 g/mol. The third-order valence-electron chi connectivity index (χ3n) is 5.36. The van der Waals surface area contributed by atoms with Gasteiger partial charge in [-0.05, 0) is 44.2 Å². The minimum atomic E-state index is 0.371. The molecule has 1 saturated heterocycles. The van der Waals surface area contributed by atoms with E-state index in [2.05, 4.69) is 32.6 Å². The van der Waals surface area contributed by atoms with E-state index in [1.165, 1.54) is 58.0 Å². The molecule has 0 spiro atoms. The first kappa shape index (κ1) is 16.0. The molecule has 0 bridgehead atoms. The van der Waals surface area contributed by atoms with E-state index in [9.17, 15) is 0 Å². The average Bonchev–Trinajstić information content (AvgIpc) is 2.41. The molecule has 1 aliphatic heterocycles. The molecule has 0 aliphatic carbocycles. The van der Waals surface area contributed by atoms with Crippen LogP contribution in [0.25, 0.3) is 0 Å². The Morgan fingerprint density at radius 2 is 1.61 bits per heavy atom. The van der Waals surface area contributed by atoms with Crippen molar-refractivity contribution in [3.8, 4) is 0 Å². The van der Waals surface area contributed by atoms with Crippen molar-refractivity contribution in [1.29, 1.82) is 0 Å². The van der Waals surface area contributed by atoms with Gasteiger partial charge in [-0.15, -0.1) is 0 Å². The van der Waals surface area contributed by atoms with E-state index >= 15 is 0 Å². The lowest BCUT2D eigenvalue weighted by Crippen LogP contribution is -2.52. The van der Waals surface area contributed by atoms with Crippen molar-refractivity contribution in [1.82, 2.24) is 4.90 Å². The molecule has 0 saturated carbocycles. The summed E-state index contributed by atoms with van der Waals surface area (Å²) in [7, 11) is 0. The quantitative estimate of drug-likeness (QED) is 0.749. The Balaban J connectivity index is 2.54. The summed E-state index contributed by atoms with van der Waals surface area (Å²) in [5.74, 6) is 0. The molecule has 2 nitrogen and oxygen atoms in total. The minimum Gasteiger partial charge on any atom is -0.326 e. The summed E-state index contributed by atoms with van der Waals surface area (Å²) in [6.45, 7) is 11.8. The number of rotatable bonds is 7. The van der Waals surface area contributed by atoms with Crippen LogP contribution < -0.4 is 5.73 Å². The van der Waals surface area contributed by atoms with Gasteiger partial charge in [0.25, 0.3) is 0 Å². The van der Waals surface area contributed by atoms with Crippen LogP contribution in [-0.2, 0) is 0 Å². The topological polar surface area (TPSA) is 29.3 Å². The van der Waals surface area contributed by atoms with E-state index in [4.69, 9.17) is 5.73 Å². The molecule has 0 aromatic rings. The molecule has 108 valence electrons. The van der Waals surface area contributed by atoms with Crippen molar-refractivity contribution in [2.45, 2.75) is 84.7 Å². The predicted octanol–water partition coefficient (Wildman–Crippen LogP) is 3.79. The fraction of sp³-hybridized carbons (Fsp3) is 1.00. The fourth-order valence-electron chi connectivity index (χ4n) is 3.64. The summed E-state index contributed by atoms with van der Waals surface area (Å²) in [4.78, 5) is 2.67. The number of nitrogens with two attached hydrogens (primary N) is 1. The van der Waals surface area contributed by atoms with Crippen molar-refractivity contribution >= 4 is 0 Å². The molecule has 0 amide bonds. The van der Waals surface area contributed by atoms with Gasteiger partial charge in [-0.25, -0.2) is 0 Å². The van der Waals surface area contributed by atoms with Crippen molar-refractivity contribution in [3.05, 3.63) is 0 Å². The van der Waals surface area contributed by atoms with E-state index < -0.39 is 0 Å².